The third-order valence-electron chi connectivity index (χ3n) is 7.37. The summed E-state index contributed by atoms with van der Waals surface area (Å²) in [6.45, 7) is 3.97. The number of aryl methyl sites for hydroxylation is 2. The van der Waals surface area contributed by atoms with Gasteiger partial charge in [0.1, 0.15) is 18.2 Å². The predicted molar refractivity (Wildman–Crippen MR) is 160 cm³/mol. The van der Waals surface area contributed by atoms with Crippen molar-refractivity contribution in [1.82, 2.24) is 19.6 Å². The van der Waals surface area contributed by atoms with E-state index in [2.05, 4.69) is 10.2 Å². The number of aromatic nitrogens is 4. The fraction of sp³-hybridized carbons (Fsp3) is 0.118. The first-order chi connectivity index (χ1) is 20.4. The largest absolute Gasteiger partial charge is 0.489 e. The molecule has 0 atom stereocenters. The highest BCUT2D eigenvalue weighted by molar-refractivity contribution is 5.48. The van der Waals surface area contributed by atoms with Crippen molar-refractivity contribution >= 4 is 0 Å². The van der Waals surface area contributed by atoms with E-state index in [9.17, 15) is 14.0 Å². The van der Waals surface area contributed by atoms with E-state index in [1.54, 1.807) is 12.1 Å². The summed E-state index contributed by atoms with van der Waals surface area (Å²) in [5.74, 6) is -0.340. The van der Waals surface area contributed by atoms with Crippen LogP contribution >= 0.6 is 0 Å². The summed E-state index contributed by atoms with van der Waals surface area (Å²) >= 11 is 0. The summed E-state index contributed by atoms with van der Waals surface area (Å²) in [4.78, 5) is 28.0. The summed E-state index contributed by atoms with van der Waals surface area (Å²) in [6, 6.07) is 32.2. The molecule has 4 aromatic carbocycles. The van der Waals surface area contributed by atoms with Crippen LogP contribution in [0.15, 0.2) is 119 Å². The molecule has 210 valence electrons. The first kappa shape index (κ1) is 26.8. The van der Waals surface area contributed by atoms with Crippen LogP contribution in [-0.2, 0) is 6.61 Å². The van der Waals surface area contributed by atoms with Gasteiger partial charge in [0, 0.05) is 17.3 Å². The molecule has 0 unspecified atom stereocenters. The highest BCUT2D eigenvalue weighted by Crippen LogP contribution is 2.33. The molecule has 0 saturated carbocycles. The Balaban J connectivity index is 1.45. The molecule has 2 N–H and O–H groups in total. The topological polar surface area (TPSA) is 84.8 Å². The first-order valence-corrected chi connectivity index (χ1v) is 13.6. The van der Waals surface area contributed by atoms with Crippen LogP contribution in [0.5, 0.6) is 5.75 Å². The van der Waals surface area contributed by atoms with Crippen LogP contribution in [0.1, 0.15) is 39.6 Å². The second kappa shape index (κ2) is 11.2. The number of ether oxygens (including phenoxy) is 1. The molecular formula is C34H29FN4O3. The predicted octanol–water partition coefficient (Wildman–Crippen LogP) is 6.16. The summed E-state index contributed by atoms with van der Waals surface area (Å²) in [7, 11) is 0. The van der Waals surface area contributed by atoms with E-state index in [1.165, 1.54) is 21.5 Å². The third kappa shape index (κ3) is 5.10. The molecule has 6 rings (SSSR count). The molecular weight excluding hydrogens is 531 g/mol. The van der Waals surface area contributed by atoms with Crippen molar-refractivity contribution < 1.29 is 9.13 Å². The number of rotatable bonds is 8. The number of hydrogen-bond acceptors (Lipinski definition) is 3. The van der Waals surface area contributed by atoms with E-state index in [1.807, 2.05) is 98.8 Å². The van der Waals surface area contributed by atoms with Crippen molar-refractivity contribution in [2.45, 2.75) is 26.4 Å². The van der Waals surface area contributed by atoms with E-state index in [0.29, 0.717) is 39.6 Å². The van der Waals surface area contributed by atoms with Crippen molar-refractivity contribution in [3.05, 3.63) is 169 Å². The Hall–Kier alpha value is -5.37. The third-order valence-corrected chi connectivity index (χ3v) is 7.37. The molecule has 0 fully saturated rings. The second-order valence-electron chi connectivity index (χ2n) is 10.2. The summed E-state index contributed by atoms with van der Waals surface area (Å²) in [6.07, 6.45) is 0. The maximum Gasteiger partial charge on any atom is 0.275 e. The van der Waals surface area contributed by atoms with Gasteiger partial charge in [0.25, 0.3) is 11.1 Å². The molecule has 0 aliphatic heterocycles. The van der Waals surface area contributed by atoms with Gasteiger partial charge in [-0.15, -0.1) is 0 Å². The fourth-order valence-electron chi connectivity index (χ4n) is 5.30. The summed E-state index contributed by atoms with van der Waals surface area (Å²) in [5.41, 5.74) is 4.85. The zero-order valence-electron chi connectivity index (χ0n) is 23.2. The van der Waals surface area contributed by atoms with Gasteiger partial charge >= 0.3 is 0 Å². The zero-order chi connectivity index (χ0) is 29.2. The van der Waals surface area contributed by atoms with Crippen LogP contribution in [0.3, 0.4) is 0 Å². The molecule has 0 radical (unpaired) electrons. The standard InChI is InChI=1S/C34H29FN4O3/c1-22-30(33(40)38(36-22)27-9-5-3-6-10-27)32(31-23(2)37-39(34(31)41)28-11-7-4-8-12-28)25-15-19-29(20-16-25)42-21-24-13-17-26(35)18-14-24/h3-20,32,36-37H,21H2,1-2H3. The summed E-state index contributed by atoms with van der Waals surface area (Å²) < 4.78 is 22.2. The number of hydrogen-bond donors (Lipinski definition) is 2. The maximum absolute atomic E-state index is 14.0. The molecule has 0 aliphatic carbocycles. The number of nitrogens with zero attached hydrogens (tertiary/aromatic N) is 2. The lowest BCUT2D eigenvalue weighted by molar-refractivity contribution is 0.306. The van der Waals surface area contributed by atoms with Gasteiger partial charge in [0.2, 0.25) is 0 Å². The quantitative estimate of drug-likeness (QED) is 0.234. The van der Waals surface area contributed by atoms with Crippen LogP contribution in [0, 0.1) is 19.7 Å². The van der Waals surface area contributed by atoms with Crippen molar-refractivity contribution in [2.75, 3.05) is 0 Å². The average molecular weight is 561 g/mol. The molecule has 0 spiro atoms. The Morgan fingerprint density at radius 3 is 1.62 bits per heavy atom. The van der Waals surface area contributed by atoms with Crippen molar-refractivity contribution in [3.8, 4) is 17.1 Å². The molecule has 7 nitrogen and oxygen atoms in total. The Labute approximate surface area is 241 Å². The lowest BCUT2D eigenvalue weighted by atomic mass is 9.85. The van der Waals surface area contributed by atoms with E-state index in [0.717, 1.165) is 11.1 Å². The number of aromatic amines is 2. The highest BCUT2D eigenvalue weighted by atomic mass is 19.1. The van der Waals surface area contributed by atoms with Gasteiger partial charge in [-0.2, -0.15) is 0 Å². The fourth-order valence-corrected chi connectivity index (χ4v) is 5.30. The van der Waals surface area contributed by atoms with E-state index >= 15 is 0 Å². The normalized spacial score (nSPS) is 11.2. The van der Waals surface area contributed by atoms with E-state index in [4.69, 9.17) is 4.74 Å². The van der Waals surface area contributed by atoms with Crippen LogP contribution in [0.2, 0.25) is 0 Å². The minimum absolute atomic E-state index is 0.230. The average Bonchev–Trinajstić information content (AvgIpc) is 3.48. The van der Waals surface area contributed by atoms with E-state index < -0.39 is 5.92 Å². The van der Waals surface area contributed by atoms with Gasteiger partial charge in [-0.1, -0.05) is 60.7 Å². The molecule has 0 aliphatic rings. The highest BCUT2D eigenvalue weighted by Gasteiger charge is 2.31. The molecule has 2 aromatic heterocycles. The molecule has 0 amide bonds. The monoisotopic (exact) mass is 560 g/mol. The lowest BCUT2D eigenvalue weighted by Crippen LogP contribution is -2.25. The van der Waals surface area contributed by atoms with Crippen LogP contribution in [0.25, 0.3) is 11.4 Å². The Morgan fingerprint density at radius 2 is 1.14 bits per heavy atom. The summed E-state index contributed by atoms with van der Waals surface area (Å²) in [5, 5.41) is 6.43. The number of nitrogens with one attached hydrogen (secondary N) is 2. The second-order valence-corrected chi connectivity index (χ2v) is 10.2. The van der Waals surface area contributed by atoms with Gasteiger partial charge in [-0.3, -0.25) is 19.8 Å². The lowest BCUT2D eigenvalue weighted by Gasteiger charge is -2.16. The van der Waals surface area contributed by atoms with Crippen LogP contribution in [-0.4, -0.2) is 19.6 Å². The molecule has 2 heterocycles. The van der Waals surface area contributed by atoms with E-state index in [-0.39, 0.29) is 23.5 Å². The SMILES string of the molecule is Cc1[nH]n(-c2ccccc2)c(=O)c1C(c1ccc(OCc2ccc(F)cc2)cc1)c1c(C)[nH]n(-c2ccccc2)c1=O. The Bertz CT molecular complexity index is 1840. The number of para-hydroxylation sites is 2. The minimum Gasteiger partial charge on any atom is -0.489 e. The zero-order valence-corrected chi connectivity index (χ0v) is 23.2. The van der Waals surface area contributed by atoms with Gasteiger partial charge in [0.15, 0.2) is 0 Å². The van der Waals surface area contributed by atoms with Crippen molar-refractivity contribution in [2.24, 2.45) is 0 Å². The molecule has 0 saturated heterocycles. The van der Waals surface area contributed by atoms with Crippen molar-refractivity contribution in [1.29, 1.82) is 0 Å². The van der Waals surface area contributed by atoms with Gasteiger partial charge < -0.3 is 4.74 Å². The Kier molecular flexibility index (Phi) is 7.19. The smallest absolute Gasteiger partial charge is 0.275 e. The molecule has 42 heavy (non-hydrogen) atoms. The van der Waals surface area contributed by atoms with Gasteiger partial charge in [-0.25, -0.2) is 13.8 Å². The Morgan fingerprint density at radius 1 is 0.667 bits per heavy atom. The first-order valence-electron chi connectivity index (χ1n) is 13.6. The maximum atomic E-state index is 14.0. The number of benzene rings is 4. The van der Waals surface area contributed by atoms with Crippen LogP contribution in [0.4, 0.5) is 4.39 Å². The van der Waals surface area contributed by atoms with Gasteiger partial charge in [-0.05, 0) is 73.5 Å². The number of halogens is 1. The molecule has 8 heteroatoms. The van der Waals surface area contributed by atoms with Crippen LogP contribution < -0.4 is 15.9 Å². The molecule has 0 bridgehead atoms. The minimum atomic E-state index is -0.654. The van der Waals surface area contributed by atoms with Crippen molar-refractivity contribution in [3.63, 3.8) is 0 Å². The molecule has 6 aromatic rings. The van der Waals surface area contributed by atoms with Gasteiger partial charge in [0.05, 0.1) is 22.5 Å². The number of H-pyrrole nitrogens is 2.